The molecule has 2 N–H and O–H groups in total. The molecule has 3 nitrogen and oxygen atoms in total. The number of aromatic amines is 1. The Labute approximate surface area is 75.2 Å². The molecule has 1 heterocycles. The average molecular weight is 172 g/mol. The van der Waals surface area contributed by atoms with E-state index >= 15 is 0 Å². The van der Waals surface area contributed by atoms with Crippen LogP contribution in [0.1, 0.15) is 11.7 Å². The van der Waals surface area contributed by atoms with Gasteiger partial charge in [0.1, 0.15) is 0 Å². The maximum Gasteiger partial charge on any atom is 0.167 e. The van der Waals surface area contributed by atoms with Gasteiger partial charge in [-0.05, 0) is 6.07 Å². The van der Waals surface area contributed by atoms with Gasteiger partial charge in [0.25, 0.3) is 0 Å². The summed E-state index contributed by atoms with van der Waals surface area (Å²) in [7, 11) is 0. The van der Waals surface area contributed by atoms with Crippen molar-refractivity contribution in [2.45, 2.75) is 6.10 Å². The standard InChI is InChI=1S/C10H8N2O/c11-5-10(13)8-6-12-9-4-2-1-3-7(8)9/h1-4,6,10,12-13H. The third-order valence-corrected chi connectivity index (χ3v) is 2.04. The van der Waals surface area contributed by atoms with Gasteiger partial charge in [0, 0.05) is 22.7 Å². The minimum atomic E-state index is -1.05. The molecule has 0 saturated carbocycles. The van der Waals surface area contributed by atoms with Crippen LogP contribution in [0.15, 0.2) is 30.5 Å². The summed E-state index contributed by atoms with van der Waals surface area (Å²) in [6.07, 6.45) is 0.620. The molecule has 13 heavy (non-hydrogen) atoms. The summed E-state index contributed by atoms with van der Waals surface area (Å²) in [5, 5.41) is 18.8. The van der Waals surface area contributed by atoms with Gasteiger partial charge in [0.2, 0.25) is 0 Å². The van der Waals surface area contributed by atoms with Crippen LogP contribution < -0.4 is 0 Å². The largest absolute Gasteiger partial charge is 0.374 e. The van der Waals surface area contributed by atoms with E-state index in [9.17, 15) is 5.11 Å². The number of benzene rings is 1. The molecule has 2 rings (SSSR count). The fourth-order valence-corrected chi connectivity index (χ4v) is 1.39. The van der Waals surface area contributed by atoms with Crippen molar-refractivity contribution in [1.82, 2.24) is 4.98 Å². The van der Waals surface area contributed by atoms with Gasteiger partial charge < -0.3 is 10.1 Å². The number of para-hydroxylation sites is 1. The first-order valence-corrected chi connectivity index (χ1v) is 3.96. The molecule has 2 aromatic rings. The number of hydrogen-bond donors (Lipinski definition) is 2. The van der Waals surface area contributed by atoms with Crippen LogP contribution >= 0.6 is 0 Å². The van der Waals surface area contributed by atoms with Gasteiger partial charge in [0.05, 0.1) is 6.07 Å². The normalized spacial score (nSPS) is 12.6. The number of aliphatic hydroxyl groups excluding tert-OH is 1. The molecular formula is C10H8N2O. The highest BCUT2D eigenvalue weighted by molar-refractivity contribution is 5.83. The second-order valence-corrected chi connectivity index (χ2v) is 2.82. The lowest BCUT2D eigenvalue weighted by Crippen LogP contribution is -1.90. The molecule has 1 aromatic carbocycles. The second kappa shape index (κ2) is 2.92. The van der Waals surface area contributed by atoms with E-state index in [0.29, 0.717) is 5.56 Å². The van der Waals surface area contributed by atoms with Crippen LogP contribution in [-0.2, 0) is 0 Å². The predicted molar refractivity (Wildman–Crippen MR) is 48.9 cm³/mol. The van der Waals surface area contributed by atoms with Crippen molar-refractivity contribution < 1.29 is 5.11 Å². The van der Waals surface area contributed by atoms with Gasteiger partial charge in [-0.3, -0.25) is 0 Å². The zero-order chi connectivity index (χ0) is 9.26. The molecule has 1 unspecified atom stereocenters. The Bertz CT molecular complexity index is 467. The first-order valence-electron chi connectivity index (χ1n) is 3.96. The Balaban J connectivity index is 2.66. The number of nitriles is 1. The molecule has 0 bridgehead atoms. The maximum absolute atomic E-state index is 9.34. The highest BCUT2D eigenvalue weighted by Gasteiger charge is 2.10. The second-order valence-electron chi connectivity index (χ2n) is 2.82. The van der Waals surface area contributed by atoms with Gasteiger partial charge in [-0.15, -0.1) is 0 Å². The molecule has 0 radical (unpaired) electrons. The Morgan fingerprint density at radius 2 is 2.15 bits per heavy atom. The molecule has 1 atom stereocenters. The van der Waals surface area contributed by atoms with E-state index in [1.165, 1.54) is 0 Å². The molecule has 1 aromatic heterocycles. The van der Waals surface area contributed by atoms with Crippen LogP contribution in [0.4, 0.5) is 0 Å². The van der Waals surface area contributed by atoms with Crippen molar-refractivity contribution in [2.24, 2.45) is 0 Å². The minimum Gasteiger partial charge on any atom is -0.374 e. The van der Waals surface area contributed by atoms with Gasteiger partial charge in [-0.25, -0.2) is 0 Å². The van der Waals surface area contributed by atoms with E-state index in [1.54, 1.807) is 12.3 Å². The molecule has 3 heteroatoms. The van der Waals surface area contributed by atoms with E-state index in [-0.39, 0.29) is 0 Å². The Morgan fingerprint density at radius 1 is 1.38 bits per heavy atom. The molecule has 64 valence electrons. The fourth-order valence-electron chi connectivity index (χ4n) is 1.39. The number of H-pyrrole nitrogens is 1. The summed E-state index contributed by atoms with van der Waals surface area (Å²) in [6.45, 7) is 0. The number of fused-ring (bicyclic) bond motifs is 1. The van der Waals surface area contributed by atoms with Crippen LogP contribution in [0, 0.1) is 11.3 Å². The summed E-state index contributed by atoms with van der Waals surface area (Å²) >= 11 is 0. The van der Waals surface area contributed by atoms with Crippen LogP contribution in [0.3, 0.4) is 0 Å². The van der Waals surface area contributed by atoms with Crippen LogP contribution in [0.5, 0.6) is 0 Å². The van der Waals surface area contributed by atoms with Crippen molar-refractivity contribution in [3.63, 3.8) is 0 Å². The molecule has 0 fully saturated rings. The minimum absolute atomic E-state index is 0.637. The van der Waals surface area contributed by atoms with E-state index in [4.69, 9.17) is 5.26 Å². The van der Waals surface area contributed by atoms with Crippen molar-refractivity contribution in [2.75, 3.05) is 0 Å². The number of aromatic nitrogens is 1. The first-order chi connectivity index (χ1) is 6.33. The van der Waals surface area contributed by atoms with Gasteiger partial charge in [-0.2, -0.15) is 5.26 Å². The molecule has 0 aliphatic heterocycles. The average Bonchev–Trinajstić information content (AvgIpc) is 2.60. The summed E-state index contributed by atoms with van der Waals surface area (Å²) < 4.78 is 0. The van der Waals surface area contributed by atoms with Gasteiger partial charge in [0.15, 0.2) is 6.10 Å². The van der Waals surface area contributed by atoms with Crippen LogP contribution in [0.2, 0.25) is 0 Å². The van der Waals surface area contributed by atoms with E-state index in [2.05, 4.69) is 4.98 Å². The number of hydrogen-bond acceptors (Lipinski definition) is 2. The molecule has 0 amide bonds. The predicted octanol–water partition coefficient (Wildman–Crippen LogP) is 1.72. The maximum atomic E-state index is 9.34. The van der Waals surface area contributed by atoms with Crippen molar-refractivity contribution >= 4 is 10.9 Å². The van der Waals surface area contributed by atoms with Crippen LogP contribution in [-0.4, -0.2) is 10.1 Å². The SMILES string of the molecule is N#CC(O)c1c[nH]c2ccccc12. The molecule has 0 saturated heterocycles. The lowest BCUT2D eigenvalue weighted by Gasteiger charge is -1.97. The summed E-state index contributed by atoms with van der Waals surface area (Å²) in [5.74, 6) is 0. The van der Waals surface area contributed by atoms with E-state index in [1.807, 2.05) is 24.3 Å². The smallest absolute Gasteiger partial charge is 0.167 e. The third-order valence-electron chi connectivity index (χ3n) is 2.04. The molecular weight excluding hydrogens is 164 g/mol. The Hall–Kier alpha value is -1.79. The zero-order valence-electron chi connectivity index (χ0n) is 6.86. The first kappa shape index (κ1) is 7.84. The summed E-state index contributed by atoms with van der Waals surface area (Å²) in [6, 6.07) is 9.36. The highest BCUT2D eigenvalue weighted by atomic mass is 16.3. The van der Waals surface area contributed by atoms with E-state index < -0.39 is 6.10 Å². The van der Waals surface area contributed by atoms with Gasteiger partial charge >= 0.3 is 0 Å². The summed E-state index contributed by atoms with van der Waals surface area (Å²) in [4.78, 5) is 2.99. The molecule has 0 aliphatic rings. The number of nitrogens with one attached hydrogen (secondary N) is 1. The lowest BCUT2D eigenvalue weighted by atomic mass is 10.1. The third kappa shape index (κ3) is 1.17. The number of nitrogens with zero attached hydrogens (tertiary/aromatic N) is 1. The molecule has 0 aliphatic carbocycles. The monoisotopic (exact) mass is 172 g/mol. The fraction of sp³-hybridized carbons (Fsp3) is 0.100. The quantitative estimate of drug-likeness (QED) is 0.643. The number of rotatable bonds is 1. The van der Waals surface area contributed by atoms with Crippen molar-refractivity contribution in [1.29, 1.82) is 5.26 Å². The highest BCUT2D eigenvalue weighted by Crippen LogP contribution is 2.22. The van der Waals surface area contributed by atoms with Gasteiger partial charge in [-0.1, -0.05) is 18.2 Å². The topological polar surface area (TPSA) is 59.8 Å². The van der Waals surface area contributed by atoms with E-state index in [0.717, 1.165) is 10.9 Å². The Morgan fingerprint density at radius 3 is 2.92 bits per heavy atom. The Kier molecular flexibility index (Phi) is 1.76. The van der Waals surface area contributed by atoms with Crippen molar-refractivity contribution in [3.05, 3.63) is 36.0 Å². The van der Waals surface area contributed by atoms with Crippen LogP contribution in [0.25, 0.3) is 10.9 Å². The zero-order valence-corrected chi connectivity index (χ0v) is 6.86. The van der Waals surface area contributed by atoms with Crippen molar-refractivity contribution in [3.8, 4) is 6.07 Å². The molecule has 0 spiro atoms. The summed E-state index contributed by atoms with van der Waals surface area (Å²) in [5.41, 5.74) is 1.57. The lowest BCUT2D eigenvalue weighted by molar-refractivity contribution is 0.237. The number of aliphatic hydroxyl groups is 1.